The van der Waals surface area contributed by atoms with Crippen LogP contribution in [-0.2, 0) is 0 Å². The Bertz CT molecular complexity index is 788. The standard InChI is InChI=1S/C20H23N3O2/c1-15-14-21-9-8-19(15)22-10-5-11-23(13-12-22)20(25)18-7-4-3-6-17(18)16(2)24/h3-4,6-9,14H,5,10-13H2,1-2H3. The SMILES string of the molecule is CC(=O)c1ccccc1C(=O)N1CCCN(c2ccncc2C)CC1. The number of benzene rings is 1. The molecule has 1 aromatic heterocycles. The summed E-state index contributed by atoms with van der Waals surface area (Å²) in [6, 6.07) is 9.10. The number of carbonyl (C=O) groups excluding carboxylic acids is 2. The van der Waals surface area contributed by atoms with Gasteiger partial charge in [0.25, 0.3) is 5.91 Å². The minimum Gasteiger partial charge on any atom is -0.369 e. The first-order valence-electron chi connectivity index (χ1n) is 8.62. The minimum atomic E-state index is -0.0761. The maximum absolute atomic E-state index is 12.9. The van der Waals surface area contributed by atoms with Crippen LogP contribution >= 0.6 is 0 Å². The summed E-state index contributed by atoms with van der Waals surface area (Å²) in [4.78, 5) is 33.1. The average molecular weight is 337 g/mol. The Hall–Kier alpha value is -2.69. The lowest BCUT2D eigenvalue weighted by atomic mass is 10.0. The lowest BCUT2D eigenvalue weighted by Gasteiger charge is -2.25. The Kier molecular flexibility index (Phi) is 5.12. The largest absolute Gasteiger partial charge is 0.369 e. The van der Waals surface area contributed by atoms with E-state index in [0.717, 1.165) is 25.1 Å². The van der Waals surface area contributed by atoms with Crippen LogP contribution in [0.25, 0.3) is 0 Å². The van der Waals surface area contributed by atoms with E-state index in [1.165, 1.54) is 12.6 Å². The Labute approximate surface area is 148 Å². The van der Waals surface area contributed by atoms with Gasteiger partial charge in [-0.05, 0) is 38.0 Å². The van der Waals surface area contributed by atoms with Gasteiger partial charge in [-0.1, -0.05) is 18.2 Å². The van der Waals surface area contributed by atoms with Crippen LogP contribution in [-0.4, -0.2) is 47.8 Å². The molecule has 0 radical (unpaired) electrons. The van der Waals surface area contributed by atoms with Gasteiger partial charge < -0.3 is 9.80 Å². The van der Waals surface area contributed by atoms with Gasteiger partial charge in [0.2, 0.25) is 0 Å². The van der Waals surface area contributed by atoms with E-state index in [0.29, 0.717) is 24.2 Å². The van der Waals surface area contributed by atoms with Gasteiger partial charge in [0, 0.05) is 49.8 Å². The Morgan fingerprint density at radius 2 is 1.76 bits per heavy atom. The van der Waals surface area contributed by atoms with Gasteiger partial charge in [0.15, 0.2) is 5.78 Å². The molecule has 1 fully saturated rings. The van der Waals surface area contributed by atoms with Crippen LogP contribution in [0.1, 0.15) is 39.6 Å². The van der Waals surface area contributed by atoms with Crippen molar-refractivity contribution in [2.45, 2.75) is 20.3 Å². The fraction of sp³-hybridized carbons (Fsp3) is 0.350. The van der Waals surface area contributed by atoms with Gasteiger partial charge in [-0.25, -0.2) is 0 Å². The zero-order chi connectivity index (χ0) is 17.8. The van der Waals surface area contributed by atoms with E-state index in [-0.39, 0.29) is 11.7 Å². The van der Waals surface area contributed by atoms with E-state index in [1.807, 2.05) is 23.2 Å². The molecule has 0 spiro atoms. The number of aryl methyl sites for hydroxylation is 1. The molecule has 5 nitrogen and oxygen atoms in total. The van der Waals surface area contributed by atoms with Crippen molar-refractivity contribution in [1.82, 2.24) is 9.88 Å². The number of hydrogen-bond acceptors (Lipinski definition) is 4. The predicted octanol–water partition coefficient (Wildman–Crippen LogP) is 2.95. The number of Topliss-reactive ketones (excluding diaryl/α,β-unsaturated/α-hetero) is 1. The normalized spacial score (nSPS) is 15.0. The maximum Gasteiger partial charge on any atom is 0.254 e. The molecule has 1 amide bonds. The zero-order valence-corrected chi connectivity index (χ0v) is 14.7. The minimum absolute atomic E-state index is 0.0564. The molecule has 25 heavy (non-hydrogen) atoms. The first kappa shape index (κ1) is 17.1. The third-order valence-corrected chi connectivity index (χ3v) is 4.65. The predicted molar refractivity (Wildman–Crippen MR) is 98.2 cm³/mol. The molecule has 2 heterocycles. The second-order valence-corrected chi connectivity index (χ2v) is 6.40. The molecule has 0 atom stereocenters. The summed E-state index contributed by atoms with van der Waals surface area (Å²) in [5, 5.41) is 0. The van der Waals surface area contributed by atoms with Crippen molar-refractivity contribution in [2.24, 2.45) is 0 Å². The fourth-order valence-electron chi connectivity index (χ4n) is 3.33. The lowest BCUT2D eigenvalue weighted by Crippen LogP contribution is -2.36. The van der Waals surface area contributed by atoms with Crippen molar-refractivity contribution in [3.8, 4) is 0 Å². The van der Waals surface area contributed by atoms with Crippen molar-refractivity contribution < 1.29 is 9.59 Å². The quantitative estimate of drug-likeness (QED) is 0.808. The van der Waals surface area contributed by atoms with E-state index in [4.69, 9.17) is 0 Å². The van der Waals surface area contributed by atoms with Crippen molar-refractivity contribution in [1.29, 1.82) is 0 Å². The Morgan fingerprint density at radius 1 is 1.00 bits per heavy atom. The van der Waals surface area contributed by atoms with Crippen LogP contribution in [0.2, 0.25) is 0 Å². The van der Waals surface area contributed by atoms with Gasteiger partial charge >= 0.3 is 0 Å². The highest BCUT2D eigenvalue weighted by Crippen LogP contribution is 2.21. The number of pyridine rings is 1. The highest BCUT2D eigenvalue weighted by Gasteiger charge is 2.23. The number of rotatable bonds is 3. The number of amides is 1. The van der Waals surface area contributed by atoms with Crippen molar-refractivity contribution in [3.05, 3.63) is 59.4 Å². The molecule has 0 bridgehead atoms. The Morgan fingerprint density at radius 3 is 2.48 bits per heavy atom. The second kappa shape index (κ2) is 7.47. The van der Waals surface area contributed by atoms with Gasteiger partial charge in [0.05, 0.1) is 5.56 Å². The third kappa shape index (κ3) is 3.71. The summed E-state index contributed by atoms with van der Waals surface area (Å²) in [7, 11) is 0. The van der Waals surface area contributed by atoms with E-state index in [9.17, 15) is 9.59 Å². The topological polar surface area (TPSA) is 53.5 Å². The number of aromatic nitrogens is 1. The average Bonchev–Trinajstić information content (AvgIpc) is 2.87. The van der Waals surface area contributed by atoms with Gasteiger partial charge in [0.1, 0.15) is 0 Å². The molecule has 1 aromatic carbocycles. The Balaban J connectivity index is 1.77. The molecular formula is C20H23N3O2. The lowest BCUT2D eigenvalue weighted by molar-refractivity contribution is 0.0762. The van der Waals surface area contributed by atoms with Crippen LogP contribution in [0.15, 0.2) is 42.7 Å². The monoisotopic (exact) mass is 337 g/mol. The van der Waals surface area contributed by atoms with Crippen LogP contribution < -0.4 is 4.90 Å². The zero-order valence-electron chi connectivity index (χ0n) is 14.7. The van der Waals surface area contributed by atoms with Gasteiger partial charge in [-0.2, -0.15) is 0 Å². The molecule has 0 unspecified atom stereocenters. The molecule has 0 saturated carbocycles. The van der Waals surface area contributed by atoms with E-state index in [1.54, 1.807) is 24.4 Å². The summed E-state index contributed by atoms with van der Waals surface area (Å²) in [5.74, 6) is -0.132. The van der Waals surface area contributed by atoms with Crippen LogP contribution in [0.5, 0.6) is 0 Å². The summed E-state index contributed by atoms with van der Waals surface area (Å²) >= 11 is 0. The van der Waals surface area contributed by atoms with Crippen LogP contribution in [0.3, 0.4) is 0 Å². The molecular weight excluding hydrogens is 314 g/mol. The summed E-state index contributed by atoms with van der Waals surface area (Å²) in [5.41, 5.74) is 3.32. The van der Waals surface area contributed by atoms with Gasteiger partial charge in [-0.3, -0.25) is 14.6 Å². The third-order valence-electron chi connectivity index (χ3n) is 4.65. The fourth-order valence-corrected chi connectivity index (χ4v) is 3.33. The molecule has 0 N–H and O–H groups in total. The van der Waals surface area contributed by atoms with E-state index < -0.39 is 0 Å². The molecule has 3 rings (SSSR count). The second-order valence-electron chi connectivity index (χ2n) is 6.40. The number of hydrogen-bond donors (Lipinski definition) is 0. The molecule has 2 aromatic rings. The number of anilines is 1. The highest BCUT2D eigenvalue weighted by molar-refractivity contribution is 6.07. The summed E-state index contributed by atoms with van der Waals surface area (Å²) < 4.78 is 0. The first-order chi connectivity index (χ1) is 12.1. The smallest absolute Gasteiger partial charge is 0.254 e. The summed E-state index contributed by atoms with van der Waals surface area (Å²) in [6.45, 7) is 6.59. The molecule has 1 saturated heterocycles. The number of carbonyl (C=O) groups is 2. The molecule has 0 aliphatic carbocycles. The first-order valence-corrected chi connectivity index (χ1v) is 8.62. The number of ketones is 1. The van der Waals surface area contributed by atoms with Crippen molar-refractivity contribution in [3.63, 3.8) is 0 Å². The molecule has 5 heteroatoms. The van der Waals surface area contributed by atoms with Crippen LogP contribution in [0.4, 0.5) is 5.69 Å². The highest BCUT2D eigenvalue weighted by atomic mass is 16.2. The van der Waals surface area contributed by atoms with Gasteiger partial charge in [-0.15, -0.1) is 0 Å². The number of nitrogens with zero attached hydrogens (tertiary/aromatic N) is 3. The molecule has 1 aliphatic rings. The van der Waals surface area contributed by atoms with Crippen molar-refractivity contribution >= 4 is 17.4 Å². The summed E-state index contributed by atoms with van der Waals surface area (Å²) in [6.07, 6.45) is 4.57. The van der Waals surface area contributed by atoms with E-state index in [2.05, 4.69) is 16.8 Å². The van der Waals surface area contributed by atoms with Crippen LogP contribution in [0, 0.1) is 6.92 Å². The van der Waals surface area contributed by atoms with E-state index >= 15 is 0 Å². The molecule has 130 valence electrons. The molecule has 1 aliphatic heterocycles. The maximum atomic E-state index is 12.9. The van der Waals surface area contributed by atoms with Crippen molar-refractivity contribution in [2.75, 3.05) is 31.1 Å².